The Morgan fingerprint density at radius 2 is 1.85 bits per heavy atom. The van der Waals surface area contributed by atoms with E-state index in [4.69, 9.17) is 23.2 Å². The lowest BCUT2D eigenvalue weighted by Gasteiger charge is -2.60. The van der Waals surface area contributed by atoms with Crippen molar-refractivity contribution in [3.63, 3.8) is 0 Å². The van der Waals surface area contributed by atoms with Crippen molar-refractivity contribution in [1.29, 1.82) is 0 Å². The topological polar surface area (TPSA) is 40.6 Å². The van der Waals surface area contributed by atoms with Gasteiger partial charge in [0.2, 0.25) is 5.91 Å². The van der Waals surface area contributed by atoms with Crippen LogP contribution < -0.4 is 4.90 Å². The zero-order valence-electron chi connectivity index (χ0n) is 20.0. The van der Waals surface area contributed by atoms with Crippen LogP contribution in [0, 0.1) is 28.6 Å². The highest BCUT2D eigenvalue weighted by Crippen LogP contribution is 2.64. The van der Waals surface area contributed by atoms with Crippen LogP contribution in [0.2, 0.25) is 10.0 Å². The molecule has 6 heteroatoms. The molecule has 178 valence electrons. The van der Waals surface area contributed by atoms with Crippen LogP contribution in [-0.2, 0) is 9.59 Å². The van der Waals surface area contributed by atoms with Crippen LogP contribution in [0.1, 0.15) is 65.7 Å². The quantitative estimate of drug-likeness (QED) is 0.464. The highest BCUT2D eigenvalue weighted by atomic mass is 35.5. The molecule has 6 atom stereocenters. The van der Waals surface area contributed by atoms with Crippen molar-refractivity contribution >= 4 is 40.7 Å². The van der Waals surface area contributed by atoms with Crippen LogP contribution in [0.15, 0.2) is 30.0 Å². The Hall–Kier alpha value is -1.52. The fourth-order valence-electron chi connectivity index (χ4n) is 8.15. The molecule has 4 nitrogen and oxygen atoms in total. The zero-order chi connectivity index (χ0) is 23.7. The normalized spacial score (nSPS) is 37.7. The second-order valence-corrected chi connectivity index (χ2v) is 12.2. The summed E-state index contributed by atoms with van der Waals surface area (Å²) in [6, 6.07) is 5.22. The number of anilines is 1. The number of likely N-dealkylation sites (N-methyl/N-ethyl adjacent to an activating group) is 1. The third kappa shape index (κ3) is 3.46. The van der Waals surface area contributed by atoms with Crippen molar-refractivity contribution in [2.24, 2.45) is 28.6 Å². The number of halogens is 2. The summed E-state index contributed by atoms with van der Waals surface area (Å²) in [4.78, 5) is 29.9. The van der Waals surface area contributed by atoms with Gasteiger partial charge in [0.15, 0.2) is 0 Å². The Kier molecular flexibility index (Phi) is 5.64. The van der Waals surface area contributed by atoms with E-state index in [9.17, 15) is 9.59 Å². The summed E-state index contributed by atoms with van der Waals surface area (Å²) >= 11 is 12.6. The minimum absolute atomic E-state index is 0.112. The summed E-state index contributed by atoms with van der Waals surface area (Å²) in [6.45, 7) is 6.33. The van der Waals surface area contributed by atoms with Crippen molar-refractivity contribution in [1.82, 2.24) is 4.90 Å². The molecule has 33 heavy (non-hydrogen) atoms. The van der Waals surface area contributed by atoms with Gasteiger partial charge in [-0.25, -0.2) is 0 Å². The number of hydrogen-bond donors (Lipinski definition) is 0. The van der Waals surface area contributed by atoms with Gasteiger partial charge in [-0.3, -0.25) is 14.5 Å². The van der Waals surface area contributed by atoms with E-state index >= 15 is 0 Å². The van der Waals surface area contributed by atoms with Gasteiger partial charge in [-0.2, -0.15) is 0 Å². The summed E-state index contributed by atoms with van der Waals surface area (Å²) in [7, 11) is 1.91. The molecule has 3 fully saturated rings. The SMILES string of the molecule is CC(=O)N(C1=C[C@]2(C)[C@H]3CC[C@]4(C)CCC[C@H]4[C@@H]3CC[C@H]2N(C)C1=O)c1ccc(Cl)cc1Cl. The number of hydrogen-bond acceptors (Lipinski definition) is 2. The second-order valence-electron chi connectivity index (χ2n) is 11.3. The minimum atomic E-state index is -0.228. The van der Waals surface area contributed by atoms with Gasteiger partial charge in [0.25, 0.3) is 5.91 Å². The molecule has 1 aromatic rings. The fraction of sp³-hybridized carbons (Fsp3) is 0.630. The molecular formula is C27H34Cl2N2O2. The van der Waals surface area contributed by atoms with Crippen LogP contribution in [0.4, 0.5) is 5.69 Å². The maximum Gasteiger partial charge on any atom is 0.270 e. The lowest BCUT2D eigenvalue weighted by molar-refractivity contribution is -0.140. The van der Waals surface area contributed by atoms with Gasteiger partial charge in [0.1, 0.15) is 5.70 Å². The van der Waals surface area contributed by atoms with E-state index in [1.54, 1.807) is 18.2 Å². The molecule has 0 unspecified atom stereocenters. The van der Waals surface area contributed by atoms with E-state index < -0.39 is 0 Å². The number of carbonyl (C=O) groups is 2. The summed E-state index contributed by atoms with van der Waals surface area (Å²) < 4.78 is 0. The number of nitrogens with zero attached hydrogens (tertiary/aromatic N) is 2. The summed E-state index contributed by atoms with van der Waals surface area (Å²) in [5.41, 5.74) is 1.24. The van der Waals surface area contributed by atoms with E-state index in [1.165, 1.54) is 50.3 Å². The van der Waals surface area contributed by atoms with Crippen LogP contribution in [0.5, 0.6) is 0 Å². The molecule has 3 saturated carbocycles. The first kappa shape index (κ1) is 23.2. The summed E-state index contributed by atoms with van der Waals surface area (Å²) in [5, 5.41) is 0.861. The van der Waals surface area contributed by atoms with Gasteiger partial charge in [0, 0.05) is 30.5 Å². The van der Waals surface area contributed by atoms with Gasteiger partial charge < -0.3 is 4.90 Å². The Morgan fingerprint density at radius 1 is 1.09 bits per heavy atom. The number of rotatable bonds is 2. The first-order valence-electron chi connectivity index (χ1n) is 12.3. The largest absolute Gasteiger partial charge is 0.337 e. The standard InChI is InChI=1S/C27H34Cl2N2O2/c1-16(32)31(22-9-7-17(28)14-21(22)29)23-15-27(3)20-11-13-26(2)12-5-6-19(26)18(20)8-10-24(27)30(4)25(23)33/h7,9,14-15,18-20,24H,5-6,8,10-13H2,1-4H3/t18-,19-,20-,24+,26-,27+/m0/s1. The highest BCUT2D eigenvalue weighted by Gasteiger charge is 2.59. The second kappa shape index (κ2) is 8.02. The Morgan fingerprint density at radius 3 is 2.55 bits per heavy atom. The van der Waals surface area contributed by atoms with E-state index in [0.717, 1.165) is 12.3 Å². The van der Waals surface area contributed by atoms with Gasteiger partial charge in [-0.05, 0) is 86.0 Å². The predicted molar refractivity (Wildman–Crippen MR) is 133 cm³/mol. The lowest BCUT2D eigenvalue weighted by Crippen LogP contribution is -2.61. The molecule has 5 rings (SSSR count). The Bertz CT molecular complexity index is 1040. The first-order valence-corrected chi connectivity index (χ1v) is 13.1. The molecule has 0 N–H and O–H groups in total. The van der Waals surface area contributed by atoms with Crippen LogP contribution >= 0.6 is 23.2 Å². The molecule has 1 heterocycles. The van der Waals surface area contributed by atoms with Crippen LogP contribution in [0.3, 0.4) is 0 Å². The van der Waals surface area contributed by atoms with Gasteiger partial charge in [-0.1, -0.05) is 43.5 Å². The van der Waals surface area contributed by atoms with E-state index in [-0.39, 0.29) is 23.3 Å². The highest BCUT2D eigenvalue weighted by molar-refractivity contribution is 6.37. The average Bonchev–Trinajstić information content (AvgIpc) is 3.15. The van der Waals surface area contributed by atoms with Crippen molar-refractivity contribution in [3.8, 4) is 0 Å². The Balaban J connectivity index is 1.60. The maximum absolute atomic E-state index is 13.6. The molecular weight excluding hydrogens is 455 g/mol. The number of benzene rings is 1. The summed E-state index contributed by atoms with van der Waals surface area (Å²) in [6.07, 6.45) is 10.9. The maximum atomic E-state index is 13.6. The van der Waals surface area contributed by atoms with Crippen molar-refractivity contribution in [2.75, 3.05) is 11.9 Å². The van der Waals surface area contributed by atoms with Crippen molar-refractivity contribution in [2.45, 2.75) is 71.8 Å². The molecule has 4 aliphatic rings. The molecule has 0 spiro atoms. The zero-order valence-corrected chi connectivity index (χ0v) is 21.5. The van der Waals surface area contributed by atoms with Gasteiger partial charge >= 0.3 is 0 Å². The van der Waals surface area contributed by atoms with Crippen LogP contribution in [0.25, 0.3) is 0 Å². The molecule has 1 aliphatic heterocycles. The smallest absolute Gasteiger partial charge is 0.270 e. The van der Waals surface area contributed by atoms with Crippen molar-refractivity contribution in [3.05, 3.63) is 40.0 Å². The molecule has 0 radical (unpaired) electrons. The third-order valence-corrected chi connectivity index (χ3v) is 10.2. The predicted octanol–water partition coefficient (Wildman–Crippen LogP) is 6.70. The number of carbonyl (C=O) groups excluding carboxylic acids is 2. The monoisotopic (exact) mass is 488 g/mol. The van der Waals surface area contributed by atoms with E-state index in [2.05, 4.69) is 19.9 Å². The van der Waals surface area contributed by atoms with Crippen molar-refractivity contribution < 1.29 is 9.59 Å². The molecule has 3 aliphatic carbocycles. The summed E-state index contributed by atoms with van der Waals surface area (Å²) in [5.74, 6) is 1.65. The fourth-order valence-corrected chi connectivity index (χ4v) is 8.64. The number of amides is 2. The third-order valence-electron chi connectivity index (χ3n) is 9.67. The van der Waals surface area contributed by atoms with Gasteiger partial charge in [0.05, 0.1) is 10.7 Å². The van der Waals surface area contributed by atoms with E-state index in [1.807, 2.05) is 11.9 Å². The minimum Gasteiger partial charge on any atom is -0.337 e. The van der Waals surface area contributed by atoms with Crippen LogP contribution in [-0.4, -0.2) is 29.8 Å². The average molecular weight is 489 g/mol. The molecule has 2 amide bonds. The molecule has 1 aromatic carbocycles. The molecule has 0 saturated heterocycles. The number of fused-ring (bicyclic) bond motifs is 5. The first-order chi connectivity index (χ1) is 15.6. The van der Waals surface area contributed by atoms with E-state index in [0.29, 0.717) is 38.7 Å². The Labute approximate surface area is 207 Å². The lowest BCUT2D eigenvalue weighted by atomic mass is 9.48. The van der Waals surface area contributed by atoms with Gasteiger partial charge in [-0.15, -0.1) is 0 Å². The molecule has 0 aromatic heterocycles. The molecule has 0 bridgehead atoms.